The first-order valence-electron chi connectivity index (χ1n) is 8.87. The number of carbonyl (C=O) groups is 1. The summed E-state index contributed by atoms with van der Waals surface area (Å²) >= 11 is 1.61. The van der Waals surface area contributed by atoms with Gasteiger partial charge in [0.1, 0.15) is 5.25 Å². The predicted octanol–water partition coefficient (Wildman–Crippen LogP) is 5.57. The van der Waals surface area contributed by atoms with Crippen molar-refractivity contribution < 1.29 is 4.79 Å². The third-order valence-electron chi connectivity index (χ3n) is 4.23. The zero-order chi connectivity index (χ0) is 18.2. The molecule has 1 unspecified atom stereocenters. The summed E-state index contributed by atoms with van der Waals surface area (Å²) in [6.07, 6.45) is 0. The van der Waals surface area contributed by atoms with E-state index in [1.165, 1.54) is 0 Å². The van der Waals surface area contributed by atoms with Crippen LogP contribution in [0.15, 0.2) is 95.9 Å². The lowest BCUT2D eigenvalue weighted by Gasteiger charge is -2.26. The molecule has 3 aromatic rings. The standard InChI is InChI=1S/C23H23NOS/c1-2-24(18-19-12-6-3-7-13-19)23(25)22(20-14-8-4-9-15-20)26-21-16-10-5-11-17-21/h3-17,22H,2,18H2,1H3. The van der Waals surface area contributed by atoms with Gasteiger partial charge in [0, 0.05) is 18.0 Å². The molecule has 132 valence electrons. The molecule has 3 aromatic carbocycles. The normalized spacial score (nSPS) is 11.7. The fraction of sp³-hybridized carbons (Fsp3) is 0.174. The molecule has 0 aromatic heterocycles. The summed E-state index contributed by atoms with van der Waals surface area (Å²) in [5.41, 5.74) is 2.19. The van der Waals surface area contributed by atoms with Crippen LogP contribution >= 0.6 is 11.8 Å². The Hall–Kier alpha value is -2.52. The monoisotopic (exact) mass is 361 g/mol. The van der Waals surface area contributed by atoms with Crippen LogP contribution in [0.3, 0.4) is 0 Å². The van der Waals surface area contributed by atoms with E-state index in [9.17, 15) is 4.79 Å². The molecule has 0 radical (unpaired) electrons. The minimum Gasteiger partial charge on any atom is -0.337 e. The van der Waals surface area contributed by atoms with E-state index < -0.39 is 0 Å². The number of likely N-dealkylation sites (N-methyl/N-ethyl adjacent to an activating group) is 1. The molecule has 0 spiro atoms. The van der Waals surface area contributed by atoms with Gasteiger partial charge in [-0.1, -0.05) is 78.9 Å². The maximum absolute atomic E-state index is 13.4. The Morgan fingerprint density at radius 3 is 1.96 bits per heavy atom. The Balaban J connectivity index is 1.85. The summed E-state index contributed by atoms with van der Waals surface area (Å²) in [7, 11) is 0. The van der Waals surface area contributed by atoms with Gasteiger partial charge >= 0.3 is 0 Å². The highest BCUT2D eigenvalue weighted by Crippen LogP contribution is 2.36. The zero-order valence-electron chi connectivity index (χ0n) is 14.9. The van der Waals surface area contributed by atoms with E-state index in [0.29, 0.717) is 13.1 Å². The van der Waals surface area contributed by atoms with Gasteiger partial charge in [-0.3, -0.25) is 4.79 Å². The summed E-state index contributed by atoms with van der Waals surface area (Å²) in [6, 6.07) is 30.3. The van der Waals surface area contributed by atoms with Crippen LogP contribution in [0.4, 0.5) is 0 Å². The quantitative estimate of drug-likeness (QED) is 0.513. The lowest BCUT2D eigenvalue weighted by molar-refractivity contribution is -0.131. The number of rotatable bonds is 7. The molecule has 2 nitrogen and oxygen atoms in total. The van der Waals surface area contributed by atoms with Gasteiger partial charge in [0.25, 0.3) is 0 Å². The Morgan fingerprint density at radius 2 is 1.38 bits per heavy atom. The second-order valence-electron chi connectivity index (χ2n) is 6.06. The van der Waals surface area contributed by atoms with Gasteiger partial charge in [-0.15, -0.1) is 11.8 Å². The maximum Gasteiger partial charge on any atom is 0.240 e. The number of hydrogen-bond acceptors (Lipinski definition) is 2. The number of amides is 1. The van der Waals surface area contributed by atoms with E-state index in [2.05, 4.69) is 24.3 Å². The molecule has 0 fully saturated rings. The maximum atomic E-state index is 13.4. The van der Waals surface area contributed by atoms with Gasteiger partial charge < -0.3 is 4.90 Å². The van der Waals surface area contributed by atoms with Gasteiger partial charge in [-0.05, 0) is 30.2 Å². The minimum atomic E-state index is -0.248. The smallest absolute Gasteiger partial charge is 0.240 e. The Labute approximate surface area is 159 Å². The lowest BCUT2D eigenvalue weighted by Crippen LogP contribution is -2.33. The molecule has 1 atom stereocenters. The molecule has 0 aliphatic carbocycles. The molecule has 0 bridgehead atoms. The minimum absolute atomic E-state index is 0.149. The molecule has 0 aliphatic heterocycles. The fourth-order valence-corrected chi connectivity index (χ4v) is 3.97. The van der Waals surface area contributed by atoms with Crippen LogP contribution in [0, 0.1) is 0 Å². The molecular weight excluding hydrogens is 338 g/mol. The first kappa shape index (κ1) is 18.3. The summed E-state index contributed by atoms with van der Waals surface area (Å²) < 4.78 is 0. The highest BCUT2D eigenvalue weighted by atomic mass is 32.2. The van der Waals surface area contributed by atoms with Crippen LogP contribution in [0.2, 0.25) is 0 Å². The Morgan fingerprint density at radius 1 is 0.846 bits per heavy atom. The van der Waals surface area contributed by atoms with Crippen LogP contribution in [0.1, 0.15) is 23.3 Å². The van der Waals surface area contributed by atoms with E-state index >= 15 is 0 Å². The molecule has 0 saturated carbocycles. The van der Waals surface area contributed by atoms with E-state index in [1.54, 1.807) is 11.8 Å². The van der Waals surface area contributed by atoms with Crippen molar-refractivity contribution in [1.82, 2.24) is 4.90 Å². The van der Waals surface area contributed by atoms with E-state index in [0.717, 1.165) is 16.0 Å². The van der Waals surface area contributed by atoms with Crippen LogP contribution in [-0.4, -0.2) is 17.4 Å². The number of benzene rings is 3. The molecule has 0 saturated heterocycles. The van der Waals surface area contributed by atoms with Gasteiger partial charge in [0.05, 0.1) is 0 Å². The summed E-state index contributed by atoms with van der Waals surface area (Å²) in [5.74, 6) is 0.149. The average molecular weight is 362 g/mol. The van der Waals surface area contributed by atoms with Crippen LogP contribution < -0.4 is 0 Å². The third kappa shape index (κ3) is 4.77. The van der Waals surface area contributed by atoms with E-state index in [4.69, 9.17) is 0 Å². The van der Waals surface area contributed by atoms with Gasteiger partial charge in [-0.2, -0.15) is 0 Å². The Bertz CT molecular complexity index is 805. The first-order chi connectivity index (χ1) is 12.8. The van der Waals surface area contributed by atoms with Crippen molar-refractivity contribution in [1.29, 1.82) is 0 Å². The summed E-state index contributed by atoms with van der Waals surface area (Å²) in [5, 5.41) is -0.248. The third-order valence-corrected chi connectivity index (χ3v) is 5.49. The van der Waals surface area contributed by atoms with Crippen molar-refractivity contribution in [3.63, 3.8) is 0 Å². The fourth-order valence-electron chi connectivity index (χ4n) is 2.84. The van der Waals surface area contributed by atoms with Crippen LogP contribution in [-0.2, 0) is 11.3 Å². The number of nitrogens with zero attached hydrogens (tertiary/aromatic N) is 1. The molecule has 1 amide bonds. The molecule has 0 N–H and O–H groups in total. The first-order valence-corrected chi connectivity index (χ1v) is 9.75. The van der Waals surface area contributed by atoms with E-state index in [-0.39, 0.29) is 11.2 Å². The van der Waals surface area contributed by atoms with Crippen LogP contribution in [0.25, 0.3) is 0 Å². The average Bonchev–Trinajstić information content (AvgIpc) is 2.72. The molecule has 3 rings (SSSR count). The highest BCUT2D eigenvalue weighted by molar-refractivity contribution is 8.00. The van der Waals surface area contributed by atoms with Gasteiger partial charge in [0.2, 0.25) is 5.91 Å². The number of carbonyl (C=O) groups excluding carboxylic acids is 1. The topological polar surface area (TPSA) is 20.3 Å². The van der Waals surface area contributed by atoms with Crippen molar-refractivity contribution in [2.75, 3.05) is 6.54 Å². The van der Waals surface area contributed by atoms with E-state index in [1.807, 2.05) is 78.6 Å². The summed E-state index contributed by atoms with van der Waals surface area (Å²) in [4.78, 5) is 16.4. The summed E-state index contributed by atoms with van der Waals surface area (Å²) in [6.45, 7) is 3.36. The van der Waals surface area contributed by atoms with Crippen molar-refractivity contribution in [3.05, 3.63) is 102 Å². The molecule has 0 aliphatic rings. The van der Waals surface area contributed by atoms with Gasteiger partial charge in [0.15, 0.2) is 0 Å². The van der Waals surface area contributed by atoms with Crippen molar-refractivity contribution in [2.45, 2.75) is 23.6 Å². The zero-order valence-corrected chi connectivity index (χ0v) is 15.7. The van der Waals surface area contributed by atoms with Crippen LogP contribution in [0.5, 0.6) is 0 Å². The SMILES string of the molecule is CCN(Cc1ccccc1)C(=O)C(Sc1ccccc1)c1ccccc1. The highest BCUT2D eigenvalue weighted by Gasteiger charge is 2.26. The predicted molar refractivity (Wildman–Crippen MR) is 109 cm³/mol. The lowest BCUT2D eigenvalue weighted by atomic mass is 10.1. The molecular formula is C23H23NOS. The van der Waals surface area contributed by atoms with Crippen molar-refractivity contribution in [3.8, 4) is 0 Å². The van der Waals surface area contributed by atoms with Gasteiger partial charge in [-0.25, -0.2) is 0 Å². The van der Waals surface area contributed by atoms with Crippen molar-refractivity contribution in [2.24, 2.45) is 0 Å². The van der Waals surface area contributed by atoms with Crippen molar-refractivity contribution >= 4 is 17.7 Å². The second kappa shape index (κ2) is 9.25. The number of hydrogen-bond donors (Lipinski definition) is 0. The molecule has 26 heavy (non-hydrogen) atoms. The Kier molecular flexibility index (Phi) is 6.50. The largest absolute Gasteiger partial charge is 0.337 e. The molecule has 3 heteroatoms. The number of thioether (sulfide) groups is 1. The second-order valence-corrected chi connectivity index (χ2v) is 7.24. The molecule has 0 heterocycles.